The zero-order chi connectivity index (χ0) is 20.1. The van der Waals surface area contributed by atoms with Crippen LogP contribution in [0.5, 0.6) is 0 Å². The van der Waals surface area contributed by atoms with Gasteiger partial charge in [-0.1, -0.05) is 31.0 Å². The topological polar surface area (TPSA) is 75.3 Å². The Kier molecular flexibility index (Phi) is 6.52. The van der Waals surface area contributed by atoms with Gasteiger partial charge in [-0.05, 0) is 74.1 Å². The number of carbonyl (C=O) groups is 1. The molecule has 1 aliphatic rings. The first-order chi connectivity index (χ1) is 13.3. The SMILES string of the molecule is Cc1ccc(C(=O)NCCc2ccc(S(=O)(=O)NC3CCCC3)cc2)cc1C. The molecule has 1 amide bonds. The number of amides is 1. The van der Waals surface area contributed by atoms with Gasteiger partial charge in [0.15, 0.2) is 0 Å². The van der Waals surface area contributed by atoms with Gasteiger partial charge in [0.25, 0.3) is 5.91 Å². The molecule has 0 saturated heterocycles. The lowest BCUT2D eigenvalue weighted by atomic mass is 10.1. The van der Waals surface area contributed by atoms with Crippen LogP contribution >= 0.6 is 0 Å². The molecule has 0 aliphatic heterocycles. The second-order valence-electron chi connectivity index (χ2n) is 7.55. The van der Waals surface area contributed by atoms with Gasteiger partial charge in [0, 0.05) is 18.2 Å². The van der Waals surface area contributed by atoms with Gasteiger partial charge in [-0.25, -0.2) is 13.1 Å². The zero-order valence-corrected chi connectivity index (χ0v) is 17.3. The maximum absolute atomic E-state index is 12.4. The minimum Gasteiger partial charge on any atom is -0.352 e. The molecular formula is C22H28N2O3S. The van der Waals surface area contributed by atoms with Crippen LogP contribution in [0.4, 0.5) is 0 Å². The maximum atomic E-state index is 12.4. The highest BCUT2D eigenvalue weighted by molar-refractivity contribution is 7.89. The summed E-state index contributed by atoms with van der Waals surface area (Å²) < 4.78 is 27.7. The number of carbonyl (C=O) groups excluding carboxylic acids is 1. The van der Waals surface area contributed by atoms with E-state index in [1.807, 2.05) is 44.2 Å². The van der Waals surface area contributed by atoms with E-state index in [4.69, 9.17) is 0 Å². The summed E-state index contributed by atoms with van der Waals surface area (Å²) in [6.07, 6.45) is 4.64. The highest BCUT2D eigenvalue weighted by Gasteiger charge is 2.22. The predicted octanol–water partition coefficient (Wildman–Crippen LogP) is 3.50. The van der Waals surface area contributed by atoms with Crippen LogP contribution in [0.25, 0.3) is 0 Å². The fraction of sp³-hybridized carbons (Fsp3) is 0.409. The fourth-order valence-electron chi connectivity index (χ4n) is 3.47. The largest absolute Gasteiger partial charge is 0.352 e. The van der Waals surface area contributed by atoms with Crippen molar-refractivity contribution >= 4 is 15.9 Å². The van der Waals surface area contributed by atoms with Gasteiger partial charge < -0.3 is 5.32 Å². The third kappa shape index (κ3) is 5.20. The van der Waals surface area contributed by atoms with Crippen LogP contribution in [0.15, 0.2) is 47.4 Å². The number of aryl methyl sites for hydroxylation is 2. The van der Waals surface area contributed by atoms with E-state index in [0.29, 0.717) is 23.4 Å². The summed E-state index contributed by atoms with van der Waals surface area (Å²) in [6.45, 7) is 4.51. The summed E-state index contributed by atoms with van der Waals surface area (Å²) in [5, 5.41) is 2.92. The average Bonchev–Trinajstić information content (AvgIpc) is 3.16. The Bertz CT molecular complexity index is 931. The third-order valence-electron chi connectivity index (χ3n) is 5.38. The van der Waals surface area contributed by atoms with Gasteiger partial charge in [0.2, 0.25) is 10.0 Å². The van der Waals surface area contributed by atoms with Crippen LogP contribution in [0.1, 0.15) is 52.7 Å². The van der Waals surface area contributed by atoms with Crippen LogP contribution in [0.3, 0.4) is 0 Å². The minimum absolute atomic E-state index is 0.0605. The molecule has 0 heterocycles. The Balaban J connectivity index is 1.52. The van der Waals surface area contributed by atoms with Crippen molar-refractivity contribution in [3.63, 3.8) is 0 Å². The highest BCUT2D eigenvalue weighted by atomic mass is 32.2. The van der Waals surface area contributed by atoms with Crippen molar-refractivity contribution in [2.75, 3.05) is 6.54 Å². The van der Waals surface area contributed by atoms with Gasteiger partial charge >= 0.3 is 0 Å². The Morgan fingerprint density at radius 1 is 1.00 bits per heavy atom. The van der Waals surface area contributed by atoms with Gasteiger partial charge in [-0.15, -0.1) is 0 Å². The molecule has 6 heteroatoms. The minimum atomic E-state index is -3.46. The number of rotatable bonds is 7. The number of benzene rings is 2. The summed E-state index contributed by atoms with van der Waals surface area (Å²) in [6, 6.07) is 12.6. The molecule has 2 aromatic rings. The van der Waals surface area contributed by atoms with Gasteiger partial charge in [-0.2, -0.15) is 0 Å². The van der Waals surface area contributed by atoms with E-state index in [2.05, 4.69) is 10.0 Å². The molecule has 3 rings (SSSR count). The van der Waals surface area contributed by atoms with Crippen molar-refractivity contribution in [3.05, 3.63) is 64.7 Å². The Labute approximate surface area is 167 Å². The van der Waals surface area contributed by atoms with Crippen molar-refractivity contribution in [2.45, 2.75) is 56.9 Å². The zero-order valence-electron chi connectivity index (χ0n) is 16.5. The molecule has 1 aliphatic carbocycles. The van der Waals surface area contributed by atoms with Gasteiger partial charge in [0.05, 0.1) is 4.90 Å². The normalized spacial score (nSPS) is 14.9. The highest BCUT2D eigenvalue weighted by Crippen LogP contribution is 2.20. The molecule has 150 valence electrons. The maximum Gasteiger partial charge on any atom is 0.251 e. The average molecular weight is 401 g/mol. The van der Waals surface area contributed by atoms with Crippen LogP contribution in [-0.2, 0) is 16.4 Å². The van der Waals surface area contributed by atoms with Crippen molar-refractivity contribution < 1.29 is 13.2 Å². The van der Waals surface area contributed by atoms with Crippen molar-refractivity contribution in [1.82, 2.24) is 10.0 Å². The van der Waals surface area contributed by atoms with E-state index in [0.717, 1.165) is 42.4 Å². The molecular weight excluding hydrogens is 372 g/mol. The van der Waals surface area contributed by atoms with Gasteiger partial charge in [-0.3, -0.25) is 4.79 Å². The fourth-order valence-corrected chi connectivity index (χ4v) is 4.78. The van der Waals surface area contributed by atoms with Crippen molar-refractivity contribution in [2.24, 2.45) is 0 Å². The summed E-state index contributed by atoms with van der Waals surface area (Å²) in [7, 11) is -3.46. The second-order valence-corrected chi connectivity index (χ2v) is 9.27. The molecule has 0 bridgehead atoms. The number of nitrogens with one attached hydrogen (secondary N) is 2. The summed E-state index contributed by atoms with van der Waals surface area (Å²) >= 11 is 0. The predicted molar refractivity (Wildman–Crippen MR) is 111 cm³/mol. The molecule has 2 N–H and O–H groups in total. The quantitative estimate of drug-likeness (QED) is 0.747. The van der Waals surface area contributed by atoms with E-state index >= 15 is 0 Å². The smallest absolute Gasteiger partial charge is 0.251 e. The second kappa shape index (κ2) is 8.88. The van der Waals surface area contributed by atoms with E-state index in [1.165, 1.54) is 0 Å². The molecule has 1 fully saturated rings. The van der Waals surface area contributed by atoms with E-state index in [1.54, 1.807) is 12.1 Å². The van der Waals surface area contributed by atoms with Gasteiger partial charge in [0.1, 0.15) is 0 Å². The summed E-state index contributed by atoms with van der Waals surface area (Å²) in [5.41, 5.74) is 3.90. The molecule has 0 aromatic heterocycles. The Hall–Kier alpha value is -2.18. The standard InChI is InChI=1S/C22H28N2O3S/c1-16-7-10-19(15-17(16)2)22(25)23-14-13-18-8-11-21(12-9-18)28(26,27)24-20-5-3-4-6-20/h7-12,15,20,24H,3-6,13-14H2,1-2H3,(H,23,25). The van der Waals surface area contributed by atoms with Crippen LogP contribution in [0, 0.1) is 13.8 Å². The molecule has 0 spiro atoms. The molecule has 28 heavy (non-hydrogen) atoms. The van der Waals surface area contributed by atoms with Crippen LogP contribution in [-0.4, -0.2) is 26.9 Å². The lowest BCUT2D eigenvalue weighted by molar-refractivity contribution is 0.0954. The first-order valence-corrected chi connectivity index (χ1v) is 11.3. The summed E-state index contributed by atoms with van der Waals surface area (Å²) in [5.74, 6) is -0.0944. The third-order valence-corrected chi connectivity index (χ3v) is 6.92. The molecule has 0 atom stereocenters. The number of hydrogen-bond acceptors (Lipinski definition) is 3. The number of hydrogen-bond donors (Lipinski definition) is 2. The van der Waals surface area contributed by atoms with Crippen LogP contribution in [0.2, 0.25) is 0 Å². The monoisotopic (exact) mass is 400 g/mol. The van der Waals surface area contributed by atoms with Crippen molar-refractivity contribution in [3.8, 4) is 0 Å². The number of sulfonamides is 1. The van der Waals surface area contributed by atoms with E-state index < -0.39 is 10.0 Å². The van der Waals surface area contributed by atoms with E-state index in [9.17, 15) is 13.2 Å². The van der Waals surface area contributed by atoms with Crippen molar-refractivity contribution in [1.29, 1.82) is 0 Å². The molecule has 1 saturated carbocycles. The molecule has 2 aromatic carbocycles. The molecule has 0 radical (unpaired) electrons. The Morgan fingerprint density at radius 3 is 2.32 bits per heavy atom. The van der Waals surface area contributed by atoms with Crippen LogP contribution < -0.4 is 10.0 Å². The molecule has 0 unspecified atom stereocenters. The molecule has 5 nitrogen and oxygen atoms in total. The Morgan fingerprint density at radius 2 is 1.68 bits per heavy atom. The first kappa shape index (κ1) is 20.6. The lowest BCUT2D eigenvalue weighted by Gasteiger charge is -2.13. The summed E-state index contributed by atoms with van der Waals surface area (Å²) in [4.78, 5) is 12.5. The van der Waals surface area contributed by atoms with E-state index in [-0.39, 0.29) is 11.9 Å². The first-order valence-electron chi connectivity index (χ1n) is 9.82. The lowest BCUT2D eigenvalue weighted by Crippen LogP contribution is -2.32.